The Labute approximate surface area is 95.2 Å². The molecule has 1 aliphatic carbocycles. The summed E-state index contributed by atoms with van der Waals surface area (Å²) in [6.07, 6.45) is 8.83. The van der Waals surface area contributed by atoms with Gasteiger partial charge in [0.2, 0.25) is 0 Å². The van der Waals surface area contributed by atoms with Gasteiger partial charge < -0.3 is 5.32 Å². The van der Waals surface area contributed by atoms with Crippen LogP contribution in [0.4, 0.5) is 0 Å². The highest BCUT2D eigenvalue weighted by atomic mass is 16.2. The first-order valence-corrected chi connectivity index (χ1v) is 5.93. The maximum atomic E-state index is 11.8. The average molecular weight is 222 g/mol. The van der Waals surface area contributed by atoms with Crippen molar-refractivity contribution < 1.29 is 4.79 Å². The molecule has 5 heteroatoms. The molecule has 0 atom stereocenters. The lowest BCUT2D eigenvalue weighted by Crippen LogP contribution is -2.34. The molecule has 5 nitrogen and oxygen atoms in total. The molecule has 1 aliphatic rings. The molecule has 1 saturated carbocycles. The summed E-state index contributed by atoms with van der Waals surface area (Å²) < 4.78 is 1.54. The number of nitrogens with zero attached hydrogens (tertiary/aromatic N) is 3. The summed E-state index contributed by atoms with van der Waals surface area (Å²) in [6.45, 7) is 0. The molecule has 0 aliphatic heterocycles. The molecular weight excluding hydrogens is 204 g/mol. The van der Waals surface area contributed by atoms with Gasteiger partial charge in [0.1, 0.15) is 0 Å². The molecule has 16 heavy (non-hydrogen) atoms. The number of amides is 1. The lowest BCUT2D eigenvalue weighted by molar-refractivity contribution is 0.0928. The van der Waals surface area contributed by atoms with Crippen LogP contribution in [0.5, 0.6) is 0 Å². The lowest BCUT2D eigenvalue weighted by Gasteiger charge is -2.14. The second-order valence-electron chi connectivity index (χ2n) is 4.44. The number of carbonyl (C=O) groups is 1. The fourth-order valence-corrected chi connectivity index (χ4v) is 2.13. The largest absolute Gasteiger partial charge is 0.348 e. The normalized spacial score (nSPS) is 18.1. The summed E-state index contributed by atoms with van der Waals surface area (Å²) in [6, 6.07) is 0.317. The van der Waals surface area contributed by atoms with Crippen LogP contribution in [-0.2, 0) is 7.05 Å². The Morgan fingerprint density at radius 3 is 2.62 bits per heavy atom. The molecule has 0 spiro atoms. The van der Waals surface area contributed by atoms with Gasteiger partial charge in [-0.15, -0.1) is 5.10 Å². The minimum absolute atomic E-state index is 0.0972. The van der Waals surface area contributed by atoms with E-state index in [1.54, 1.807) is 17.9 Å². The van der Waals surface area contributed by atoms with Crippen LogP contribution in [0.1, 0.15) is 49.0 Å². The fourth-order valence-electron chi connectivity index (χ4n) is 2.13. The van der Waals surface area contributed by atoms with Gasteiger partial charge in [0.15, 0.2) is 5.69 Å². The minimum Gasteiger partial charge on any atom is -0.348 e. The number of hydrogen-bond acceptors (Lipinski definition) is 3. The highest BCUT2D eigenvalue weighted by molar-refractivity contribution is 5.92. The van der Waals surface area contributed by atoms with Crippen molar-refractivity contribution in [2.24, 2.45) is 7.05 Å². The molecule has 0 unspecified atom stereocenters. The Kier molecular flexibility index (Phi) is 3.54. The zero-order valence-electron chi connectivity index (χ0n) is 9.65. The van der Waals surface area contributed by atoms with E-state index < -0.39 is 0 Å². The van der Waals surface area contributed by atoms with Gasteiger partial charge in [0.25, 0.3) is 5.91 Å². The van der Waals surface area contributed by atoms with Gasteiger partial charge in [0, 0.05) is 13.1 Å². The van der Waals surface area contributed by atoms with Gasteiger partial charge in [0.05, 0.1) is 6.20 Å². The molecule has 0 bridgehead atoms. The Morgan fingerprint density at radius 1 is 1.38 bits per heavy atom. The predicted molar refractivity (Wildman–Crippen MR) is 60.0 cm³/mol. The van der Waals surface area contributed by atoms with Crippen LogP contribution in [0.25, 0.3) is 0 Å². The number of nitrogens with one attached hydrogen (secondary N) is 1. The summed E-state index contributed by atoms with van der Waals surface area (Å²) in [4.78, 5) is 11.8. The first-order valence-electron chi connectivity index (χ1n) is 5.93. The van der Waals surface area contributed by atoms with Gasteiger partial charge in [-0.3, -0.25) is 9.48 Å². The topological polar surface area (TPSA) is 59.8 Å². The predicted octanol–water partition coefficient (Wildman–Crippen LogP) is 1.27. The van der Waals surface area contributed by atoms with Gasteiger partial charge in [-0.05, 0) is 12.8 Å². The zero-order valence-corrected chi connectivity index (χ0v) is 9.65. The molecule has 88 valence electrons. The van der Waals surface area contributed by atoms with E-state index in [9.17, 15) is 4.79 Å². The highest BCUT2D eigenvalue weighted by Gasteiger charge is 2.17. The van der Waals surface area contributed by atoms with Gasteiger partial charge >= 0.3 is 0 Å². The van der Waals surface area contributed by atoms with E-state index in [-0.39, 0.29) is 5.91 Å². The van der Waals surface area contributed by atoms with E-state index in [0.717, 1.165) is 12.8 Å². The van der Waals surface area contributed by atoms with Crippen LogP contribution in [0.3, 0.4) is 0 Å². The summed E-state index contributed by atoms with van der Waals surface area (Å²) in [5.74, 6) is -0.0972. The number of aryl methyl sites for hydroxylation is 1. The quantitative estimate of drug-likeness (QED) is 0.766. The SMILES string of the molecule is Cn1cc(C(=O)NC2CCCCCC2)nn1. The number of carbonyl (C=O) groups excluding carboxylic acids is 1. The summed E-state index contributed by atoms with van der Waals surface area (Å²) in [7, 11) is 1.76. The van der Waals surface area contributed by atoms with Crippen LogP contribution in [0.15, 0.2) is 6.20 Å². The van der Waals surface area contributed by atoms with Crippen LogP contribution in [0.2, 0.25) is 0 Å². The lowest BCUT2D eigenvalue weighted by atomic mass is 10.1. The molecule has 2 rings (SSSR count). The van der Waals surface area contributed by atoms with E-state index in [4.69, 9.17) is 0 Å². The maximum absolute atomic E-state index is 11.8. The number of hydrogen-bond donors (Lipinski definition) is 1. The second kappa shape index (κ2) is 5.09. The molecule has 1 aromatic heterocycles. The summed E-state index contributed by atoms with van der Waals surface area (Å²) in [5.41, 5.74) is 0.409. The molecular formula is C11H18N4O. The van der Waals surface area contributed by atoms with E-state index in [2.05, 4.69) is 15.6 Å². The zero-order chi connectivity index (χ0) is 11.4. The highest BCUT2D eigenvalue weighted by Crippen LogP contribution is 2.17. The minimum atomic E-state index is -0.0972. The first kappa shape index (κ1) is 11.1. The van der Waals surface area contributed by atoms with Gasteiger partial charge in [-0.1, -0.05) is 30.9 Å². The molecule has 1 aromatic rings. The van der Waals surface area contributed by atoms with Crippen molar-refractivity contribution in [3.8, 4) is 0 Å². The first-order chi connectivity index (χ1) is 7.75. The van der Waals surface area contributed by atoms with Crippen molar-refractivity contribution >= 4 is 5.91 Å². The van der Waals surface area contributed by atoms with Gasteiger partial charge in [-0.25, -0.2) is 0 Å². The van der Waals surface area contributed by atoms with E-state index in [0.29, 0.717) is 11.7 Å². The third kappa shape index (κ3) is 2.81. The smallest absolute Gasteiger partial charge is 0.273 e. The van der Waals surface area contributed by atoms with Gasteiger partial charge in [-0.2, -0.15) is 0 Å². The average Bonchev–Trinajstić information content (AvgIpc) is 2.54. The van der Waals surface area contributed by atoms with Crippen LogP contribution in [-0.4, -0.2) is 26.9 Å². The third-order valence-electron chi connectivity index (χ3n) is 3.03. The standard InChI is InChI=1S/C11H18N4O/c1-15-8-10(13-14-15)11(16)12-9-6-4-2-3-5-7-9/h8-9H,2-7H2,1H3,(H,12,16). The number of aromatic nitrogens is 3. The Hall–Kier alpha value is -1.39. The van der Waals surface area contributed by atoms with E-state index >= 15 is 0 Å². The second-order valence-corrected chi connectivity index (χ2v) is 4.44. The Balaban J connectivity index is 1.90. The van der Waals surface area contributed by atoms with Crippen molar-refractivity contribution in [2.45, 2.75) is 44.6 Å². The van der Waals surface area contributed by atoms with Crippen molar-refractivity contribution in [1.82, 2.24) is 20.3 Å². The molecule has 1 heterocycles. The summed E-state index contributed by atoms with van der Waals surface area (Å²) >= 11 is 0. The summed E-state index contributed by atoms with van der Waals surface area (Å²) in [5, 5.41) is 10.6. The molecule has 0 saturated heterocycles. The van der Waals surface area contributed by atoms with E-state index in [1.807, 2.05) is 0 Å². The molecule has 1 N–H and O–H groups in total. The van der Waals surface area contributed by atoms with Crippen LogP contribution >= 0.6 is 0 Å². The fraction of sp³-hybridized carbons (Fsp3) is 0.727. The molecule has 1 fully saturated rings. The molecule has 1 amide bonds. The molecule has 0 radical (unpaired) electrons. The van der Waals surface area contributed by atoms with Crippen LogP contribution in [0, 0.1) is 0 Å². The van der Waals surface area contributed by atoms with Crippen molar-refractivity contribution in [3.63, 3.8) is 0 Å². The third-order valence-corrected chi connectivity index (χ3v) is 3.03. The van der Waals surface area contributed by atoms with Crippen molar-refractivity contribution in [1.29, 1.82) is 0 Å². The van der Waals surface area contributed by atoms with Crippen LogP contribution < -0.4 is 5.32 Å². The molecule has 0 aromatic carbocycles. The van der Waals surface area contributed by atoms with Crippen molar-refractivity contribution in [3.05, 3.63) is 11.9 Å². The Bertz CT molecular complexity index is 353. The van der Waals surface area contributed by atoms with E-state index in [1.165, 1.54) is 25.7 Å². The number of rotatable bonds is 2. The monoisotopic (exact) mass is 222 g/mol. The Morgan fingerprint density at radius 2 is 2.06 bits per heavy atom. The maximum Gasteiger partial charge on any atom is 0.273 e. The van der Waals surface area contributed by atoms with Crippen molar-refractivity contribution in [2.75, 3.05) is 0 Å².